The fourth-order valence-corrected chi connectivity index (χ4v) is 1.85. The van der Waals surface area contributed by atoms with Crippen molar-refractivity contribution < 1.29 is 4.79 Å². The van der Waals surface area contributed by atoms with Crippen LogP contribution in [-0.4, -0.2) is 11.9 Å². The summed E-state index contributed by atoms with van der Waals surface area (Å²) in [4.78, 5) is 11.7. The Morgan fingerprint density at radius 2 is 2.08 bits per heavy atom. The normalized spacial score (nSPS) is 27.5. The molecular weight excluding hydrogens is 162 g/mol. The average Bonchev–Trinajstić information content (AvgIpc) is 2.64. The Bertz CT molecular complexity index is 216. The maximum Gasteiger partial charge on any atom is 0.226 e. The van der Waals surface area contributed by atoms with Crippen LogP contribution < -0.4 is 5.32 Å². The van der Waals surface area contributed by atoms with E-state index in [1.165, 1.54) is 19.3 Å². The maximum atomic E-state index is 11.7. The van der Waals surface area contributed by atoms with Crippen molar-refractivity contribution in [3.05, 3.63) is 0 Å². The van der Waals surface area contributed by atoms with Crippen molar-refractivity contribution in [3.8, 4) is 0 Å². The molecule has 0 aromatic rings. The number of carbonyl (C=O) groups excluding carboxylic acids is 1. The van der Waals surface area contributed by atoms with Gasteiger partial charge in [-0.1, -0.05) is 13.3 Å². The Labute approximate surface area is 80.1 Å². The molecule has 2 rings (SSSR count). The lowest BCUT2D eigenvalue weighted by Crippen LogP contribution is -2.43. The standard InChI is InChI=1S/C11H19NO/c1-8(9-4-3-5-9)12-10(13)11(2)6-7-11/h8-9H,3-7H2,1-2H3,(H,12,13). The molecule has 2 fully saturated rings. The van der Waals surface area contributed by atoms with E-state index in [4.69, 9.17) is 0 Å². The quantitative estimate of drug-likeness (QED) is 0.709. The minimum atomic E-state index is -0.00198. The van der Waals surface area contributed by atoms with Gasteiger partial charge in [0, 0.05) is 11.5 Å². The van der Waals surface area contributed by atoms with Crippen LogP contribution in [0.2, 0.25) is 0 Å². The van der Waals surface area contributed by atoms with Crippen molar-refractivity contribution in [1.82, 2.24) is 5.32 Å². The number of amides is 1. The summed E-state index contributed by atoms with van der Waals surface area (Å²) in [6.45, 7) is 4.21. The van der Waals surface area contributed by atoms with Gasteiger partial charge in [-0.3, -0.25) is 4.79 Å². The van der Waals surface area contributed by atoms with Crippen molar-refractivity contribution in [2.75, 3.05) is 0 Å². The zero-order valence-corrected chi connectivity index (χ0v) is 8.60. The monoisotopic (exact) mass is 181 g/mol. The Hall–Kier alpha value is -0.530. The highest BCUT2D eigenvalue weighted by Crippen LogP contribution is 2.45. The predicted octanol–water partition coefficient (Wildman–Crippen LogP) is 2.09. The van der Waals surface area contributed by atoms with Crippen molar-refractivity contribution >= 4 is 5.91 Å². The summed E-state index contributed by atoms with van der Waals surface area (Å²) in [5.74, 6) is 1.04. The second-order valence-corrected chi connectivity index (χ2v) is 5.01. The van der Waals surface area contributed by atoms with Crippen LogP contribution in [-0.2, 0) is 4.79 Å². The van der Waals surface area contributed by atoms with Crippen LogP contribution >= 0.6 is 0 Å². The molecule has 2 nitrogen and oxygen atoms in total. The summed E-state index contributed by atoms with van der Waals surface area (Å²) in [5.41, 5.74) is -0.00198. The first-order chi connectivity index (χ1) is 6.12. The van der Waals surface area contributed by atoms with E-state index < -0.39 is 0 Å². The molecule has 0 aliphatic heterocycles. The molecular formula is C11H19NO. The molecule has 0 aromatic carbocycles. The molecule has 0 saturated heterocycles. The summed E-state index contributed by atoms with van der Waals surface area (Å²) in [5, 5.41) is 3.15. The van der Waals surface area contributed by atoms with Gasteiger partial charge in [-0.05, 0) is 38.5 Å². The van der Waals surface area contributed by atoms with Crippen LogP contribution in [0.5, 0.6) is 0 Å². The van der Waals surface area contributed by atoms with E-state index in [-0.39, 0.29) is 11.3 Å². The van der Waals surface area contributed by atoms with Crippen LogP contribution in [0.3, 0.4) is 0 Å². The predicted molar refractivity (Wildman–Crippen MR) is 52.3 cm³/mol. The summed E-state index contributed by atoms with van der Waals surface area (Å²) in [6, 6.07) is 0.402. The molecule has 0 radical (unpaired) electrons. The lowest BCUT2D eigenvalue weighted by molar-refractivity contribution is -0.126. The second-order valence-electron chi connectivity index (χ2n) is 5.01. The van der Waals surface area contributed by atoms with Crippen LogP contribution in [0.4, 0.5) is 0 Å². The summed E-state index contributed by atoms with van der Waals surface area (Å²) >= 11 is 0. The Balaban J connectivity index is 1.79. The van der Waals surface area contributed by atoms with E-state index in [0.717, 1.165) is 18.8 Å². The van der Waals surface area contributed by atoms with E-state index in [9.17, 15) is 4.79 Å². The minimum Gasteiger partial charge on any atom is -0.353 e. The van der Waals surface area contributed by atoms with Crippen LogP contribution in [0.1, 0.15) is 46.0 Å². The Morgan fingerprint density at radius 1 is 1.46 bits per heavy atom. The zero-order valence-electron chi connectivity index (χ0n) is 8.60. The van der Waals surface area contributed by atoms with Crippen molar-refractivity contribution in [2.24, 2.45) is 11.3 Å². The van der Waals surface area contributed by atoms with Crippen molar-refractivity contribution in [2.45, 2.75) is 52.0 Å². The third-order valence-electron chi connectivity index (χ3n) is 3.76. The Kier molecular flexibility index (Phi) is 2.09. The first-order valence-electron chi connectivity index (χ1n) is 5.43. The molecule has 2 heteroatoms. The smallest absolute Gasteiger partial charge is 0.226 e. The largest absolute Gasteiger partial charge is 0.353 e. The average molecular weight is 181 g/mol. The van der Waals surface area contributed by atoms with Gasteiger partial charge in [0.15, 0.2) is 0 Å². The van der Waals surface area contributed by atoms with Gasteiger partial charge in [-0.15, -0.1) is 0 Å². The number of nitrogens with one attached hydrogen (secondary N) is 1. The molecule has 0 heterocycles. The molecule has 1 amide bonds. The van der Waals surface area contributed by atoms with E-state index in [0.29, 0.717) is 6.04 Å². The number of hydrogen-bond donors (Lipinski definition) is 1. The molecule has 13 heavy (non-hydrogen) atoms. The highest BCUT2D eigenvalue weighted by Gasteiger charge is 2.45. The van der Waals surface area contributed by atoms with Crippen molar-refractivity contribution in [1.29, 1.82) is 0 Å². The maximum absolute atomic E-state index is 11.7. The third kappa shape index (κ3) is 1.72. The highest BCUT2D eigenvalue weighted by molar-refractivity contribution is 5.84. The van der Waals surface area contributed by atoms with Gasteiger partial charge in [0.05, 0.1) is 0 Å². The highest BCUT2D eigenvalue weighted by atomic mass is 16.2. The lowest BCUT2D eigenvalue weighted by atomic mass is 9.80. The second kappa shape index (κ2) is 3.00. The molecule has 2 aliphatic carbocycles. The van der Waals surface area contributed by atoms with Crippen molar-refractivity contribution in [3.63, 3.8) is 0 Å². The topological polar surface area (TPSA) is 29.1 Å². The molecule has 1 unspecified atom stereocenters. The minimum absolute atomic E-state index is 0.00198. The van der Waals surface area contributed by atoms with Gasteiger partial charge < -0.3 is 5.32 Å². The number of carbonyl (C=O) groups is 1. The van der Waals surface area contributed by atoms with E-state index in [1.54, 1.807) is 0 Å². The summed E-state index contributed by atoms with van der Waals surface area (Å²) in [6.07, 6.45) is 6.12. The fourth-order valence-electron chi connectivity index (χ4n) is 1.85. The van der Waals surface area contributed by atoms with Crippen LogP contribution in [0.25, 0.3) is 0 Å². The van der Waals surface area contributed by atoms with Gasteiger partial charge in [0.2, 0.25) is 5.91 Å². The fraction of sp³-hybridized carbons (Fsp3) is 0.909. The SMILES string of the molecule is CC(NC(=O)C1(C)CC1)C1CCC1. The first-order valence-corrected chi connectivity index (χ1v) is 5.43. The molecule has 74 valence electrons. The summed E-state index contributed by atoms with van der Waals surface area (Å²) in [7, 11) is 0. The molecule has 0 aromatic heterocycles. The molecule has 0 bridgehead atoms. The molecule has 2 aliphatic rings. The van der Waals surface area contributed by atoms with Gasteiger partial charge in [0.1, 0.15) is 0 Å². The summed E-state index contributed by atoms with van der Waals surface area (Å²) < 4.78 is 0. The van der Waals surface area contributed by atoms with E-state index >= 15 is 0 Å². The van der Waals surface area contributed by atoms with Gasteiger partial charge >= 0.3 is 0 Å². The molecule has 2 saturated carbocycles. The van der Waals surface area contributed by atoms with E-state index in [1.807, 2.05) is 0 Å². The number of rotatable bonds is 3. The zero-order chi connectivity index (χ0) is 9.47. The molecule has 1 N–H and O–H groups in total. The molecule has 1 atom stereocenters. The van der Waals surface area contributed by atoms with Gasteiger partial charge in [-0.2, -0.15) is 0 Å². The third-order valence-corrected chi connectivity index (χ3v) is 3.76. The van der Waals surface area contributed by atoms with Gasteiger partial charge in [-0.25, -0.2) is 0 Å². The van der Waals surface area contributed by atoms with E-state index in [2.05, 4.69) is 19.2 Å². The number of hydrogen-bond acceptors (Lipinski definition) is 1. The van der Waals surface area contributed by atoms with Gasteiger partial charge in [0.25, 0.3) is 0 Å². The Morgan fingerprint density at radius 3 is 2.46 bits per heavy atom. The molecule has 0 spiro atoms. The first kappa shape index (κ1) is 9.04. The van der Waals surface area contributed by atoms with Crippen LogP contribution in [0, 0.1) is 11.3 Å². The lowest BCUT2D eigenvalue weighted by Gasteiger charge is -2.32. The van der Waals surface area contributed by atoms with Crippen LogP contribution in [0.15, 0.2) is 0 Å².